The van der Waals surface area contributed by atoms with Crippen LogP contribution < -0.4 is 5.14 Å². The number of nitrogens with two attached hydrogens (primary N) is 1. The number of hydrogen-bond acceptors (Lipinski definition) is 5. The lowest BCUT2D eigenvalue weighted by molar-refractivity contribution is 0.0946. The first-order chi connectivity index (χ1) is 13.9. The highest BCUT2D eigenvalue weighted by Crippen LogP contribution is 2.27. The monoisotopic (exact) mass is 412 g/mol. The van der Waals surface area contributed by atoms with Gasteiger partial charge in [0.1, 0.15) is 0 Å². The Morgan fingerprint density at radius 1 is 0.931 bits per heavy atom. The van der Waals surface area contributed by atoms with Gasteiger partial charge in [-0.2, -0.15) is 0 Å². The number of aryl methyl sites for hydroxylation is 1. The lowest BCUT2D eigenvalue weighted by atomic mass is 10.0. The SMILES string of the molecule is NS(=O)(=O)c1ccccc1-c1cnc(C(=O)CCCCCCc2ccccc2)o1. The maximum Gasteiger partial charge on any atom is 0.263 e. The number of unbranched alkanes of at least 4 members (excludes halogenated alkanes) is 3. The number of oxazole rings is 1. The first kappa shape index (κ1) is 21.0. The summed E-state index contributed by atoms with van der Waals surface area (Å²) in [6.45, 7) is 0. The topological polar surface area (TPSA) is 103 Å². The van der Waals surface area contributed by atoms with Crippen molar-refractivity contribution in [3.63, 3.8) is 0 Å². The Morgan fingerprint density at radius 3 is 2.38 bits per heavy atom. The quantitative estimate of drug-likeness (QED) is 0.393. The number of aromatic nitrogens is 1. The molecule has 0 radical (unpaired) electrons. The Balaban J connectivity index is 1.50. The fraction of sp³-hybridized carbons (Fsp3) is 0.273. The summed E-state index contributed by atoms with van der Waals surface area (Å²) < 4.78 is 29.0. The number of carbonyl (C=O) groups is 1. The van der Waals surface area contributed by atoms with Crippen molar-refractivity contribution in [2.75, 3.05) is 0 Å². The Labute approximate surface area is 170 Å². The van der Waals surface area contributed by atoms with E-state index in [4.69, 9.17) is 9.56 Å². The number of benzene rings is 2. The Kier molecular flexibility index (Phi) is 6.95. The number of hydrogen-bond donors (Lipinski definition) is 1. The normalized spacial score (nSPS) is 11.5. The van der Waals surface area contributed by atoms with Gasteiger partial charge in [0, 0.05) is 12.0 Å². The van der Waals surface area contributed by atoms with Crippen molar-refractivity contribution < 1.29 is 17.6 Å². The van der Waals surface area contributed by atoms with Crippen LogP contribution in [0.15, 0.2) is 70.1 Å². The average molecular weight is 413 g/mol. The van der Waals surface area contributed by atoms with Crippen LogP contribution in [0.2, 0.25) is 0 Å². The van der Waals surface area contributed by atoms with Crippen LogP contribution >= 0.6 is 0 Å². The second kappa shape index (κ2) is 9.62. The first-order valence-electron chi connectivity index (χ1n) is 9.60. The number of primary sulfonamides is 1. The molecule has 6 nitrogen and oxygen atoms in total. The molecule has 0 saturated heterocycles. The predicted molar refractivity (Wildman–Crippen MR) is 111 cm³/mol. The van der Waals surface area contributed by atoms with Crippen molar-refractivity contribution >= 4 is 15.8 Å². The highest BCUT2D eigenvalue weighted by molar-refractivity contribution is 7.89. The summed E-state index contributed by atoms with van der Waals surface area (Å²) in [5, 5.41) is 5.25. The van der Waals surface area contributed by atoms with Crippen LogP contribution in [0.3, 0.4) is 0 Å². The molecular weight excluding hydrogens is 388 g/mol. The molecule has 0 spiro atoms. The summed E-state index contributed by atoms with van der Waals surface area (Å²) in [5.41, 5.74) is 1.62. The number of carbonyl (C=O) groups excluding carboxylic acids is 1. The molecule has 0 atom stereocenters. The summed E-state index contributed by atoms with van der Waals surface area (Å²) in [5.74, 6) is 0.0155. The average Bonchev–Trinajstić information content (AvgIpc) is 3.21. The minimum Gasteiger partial charge on any atom is -0.434 e. The van der Waals surface area contributed by atoms with Gasteiger partial charge in [0.05, 0.1) is 11.1 Å². The van der Waals surface area contributed by atoms with Crippen LogP contribution in [0.5, 0.6) is 0 Å². The van der Waals surface area contributed by atoms with Crippen LogP contribution in [-0.2, 0) is 16.4 Å². The maximum atomic E-state index is 12.3. The van der Waals surface area contributed by atoms with Gasteiger partial charge in [0.25, 0.3) is 5.89 Å². The zero-order valence-corrected chi connectivity index (χ0v) is 16.9. The van der Waals surface area contributed by atoms with E-state index in [-0.39, 0.29) is 22.3 Å². The molecule has 1 aromatic heterocycles. The molecule has 29 heavy (non-hydrogen) atoms. The van der Waals surface area contributed by atoms with Gasteiger partial charge in [-0.3, -0.25) is 4.79 Å². The molecule has 0 saturated carbocycles. The highest BCUT2D eigenvalue weighted by Gasteiger charge is 2.19. The van der Waals surface area contributed by atoms with Crippen LogP contribution in [0.4, 0.5) is 0 Å². The van der Waals surface area contributed by atoms with Gasteiger partial charge in [-0.05, 0) is 37.0 Å². The molecule has 1 heterocycles. The van der Waals surface area contributed by atoms with Crippen molar-refractivity contribution in [1.29, 1.82) is 0 Å². The molecule has 2 N–H and O–H groups in total. The van der Waals surface area contributed by atoms with Gasteiger partial charge >= 0.3 is 0 Å². The van der Waals surface area contributed by atoms with E-state index in [9.17, 15) is 13.2 Å². The van der Waals surface area contributed by atoms with Crippen molar-refractivity contribution in [3.8, 4) is 11.3 Å². The lowest BCUT2D eigenvalue weighted by Gasteiger charge is -2.04. The van der Waals surface area contributed by atoms with Crippen molar-refractivity contribution in [2.24, 2.45) is 5.14 Å². The molecule has 0 aliphatic heterocycles. The summed E-state index contributed by atoms with van der Waals surface area (Å²) >= 11 is 0. The molecule has 0 amide bonds. The Hall–Kier alpha value is -2.77. The molecule has 0 aliphatic carbocycles. The highest BCUT2D eigenvalue weighted by atomic mass is 32.2. The standard InChI is InChI=1S/C22H24N2O4S/c23-29(26,27)21-15-9-8-13-18(21)20-16-24-22(28-20)19(25)14-7-2-1-4-10-17-11-5-3-6-12-17/h3,5-6,8-9,11-13,15-16H,1-2,4,7,10,14H2,(H2,23,26,27). The largest absolute Gasteiger partial charge is 0.434 e. The third-order valence-electron chi connectivity index (χ3n) is 4.67. The van der Waals surface area contributed by atoms with Gasteiger partial charge < -0.3 is 4.42 Å². The molecule has 0 fully saturated rings. The zero-order chi connectivity index (χ0) is 20.7. The van der Waals surface area contributed by atoms with Crippen molar-refractivity contribution in [1.82, 2.24) is 4.98 Å². The molecule has 152 valence electrons. The predicted octanol–water partition coefficient (Wildman–Crippen LogP) is 4.36. The summed E-state index contributed by atoms with van der Waals surface area (Å²) in [6, 6.07) is 16.5. The van der Waals surface area contributed by atoms with Gasteiger partial charge in [0.15, 0.2) is 5.76 Å². The third kappa shape index (κ3) is 5.85. The Bertz CT molecular complexity index is 1060. The number of nitrogens with zero attached hydrogens (tertiary/aromatic N) is 1. The second-order valence-electron chi connectivity index (χ2n) is 6.89. The summed E-state index contributed by atoms with van der Waals surface area (Å²) in [7, 11) is -3.91. The van der Waals surface area contributed by atoms with E-state index < -0.39 is 10.0 Å². The Morgan fingerprint density at radius 2 is 1.62 bits per heavy atom. The number of Topliss-reactive ketones (excluding diaryl/α,β-unsaturated/α-hetero) is 1. The molecule has 0 aliphatic rings. The van der Waals surface area contributed by atoms with Gasteiger partial charge in [-0.25, -0.2) is 18.5 Å². The fourth-order valence-corrected chi connectivity index (χ4v) is 3.91. The van der Waals surface area contributed by atoms with E-state index in [1.165, 1.54) is 17.8 Å². The molecule has 0 bridgehead atoms. The zero-order valence-electron chi connectivity index (χ0n) is 16.1. The summed E-state index contributed by atoms with van der Waals surface area (Å²) in [4.78, 5) is 16.3. The fourth-order valence-electron chi connectivity index (χ4n) is 3.17. The summed E-state index contributed by atoms with van der Waals surface area (Å²) in [6.07, 6.45) is 6.62. The van der Waals surface area contributed by atoms with Crippen LogP contribution in [-0.4, -0.2) is 19.2 Å². The number of ketones is 1. The van der Waals surface area contributed by atoms with E-state index in [2.05, 4.69) is 17.1 Å². The van der Waals surface area contributed by atoms with Gasteiger partial charge in [0.2, 0.25) is 15.8 Å². The van der Waals surface area contributed by atoms with E-state index in [1.54, 1.807) is 18.2 Å². The smallest absolute Gasteiger partial charge is 0.263 e. The van der Waals surface area contributed by atoms with E-state index in [1.807, 2.05) is 18.2 Å². The minimum absolute atomic E-state index is 0.00601. The van der Waals surface area contributed by atoms with Crippen molar-refractivity contribution in [3.05, 3.63) is 72.2 Å². The molecule has 0 unspecified atom stereocenters. The number of sulfonamides is 1. The molecule has 2 aromatic carbocycles. The number of rotatable bonds is 10. The van der Waals surface area contributed by atoms with Crippen molar-refractivity contribution in [2.45, 2.75) is 43.4 Å². The van der Waals surface area contributed by atoms with Crippen LogP contribution in [0.1, 0.15) is 48.4 Å². The molecular formula is C22H24N2O4S. The first-order valence-corrected chi connectivity index (χ1v) is 11.1. The maximum absolute atomic E-state index is 12.3. The molecule has 3 rings (SSSR count). The van der Waals surface area contributed by atoms with E-state index in [0.717, 1.165) is 32.1 Å². The molecule has 3 aromatic rings. The van der Waals surface area contributed by atoms with Gasteiger partial charge in [-0.15, -0.1) is 0 Å². The van der Waals surface area contributed by atoms with Gasteiger partial charge in [-0.1, -0.05) is 55.3 Å². The molecule has 7 heteroatoms. The van der Waals surface area contributed by atoms with Crippen LogP contribution in [0, 0.1) is 0 Å². The van der Waals surface area contributed by atoms with E-state index >= 15 is 0 Å². The second-order valence-corrected chi connectivity index (χ2v) is 8.42. The minimum atomic E-state index is -3.91. The van der Waals surface area contributed by atoms with Crippen LogP contribution in [0.25, 0.3) is 11.3 Å². The lowest BCUT2D eigenvalue weighted by Crippen LogP contribution is -2.13. The third-order valence-corrected chi connectivity index (χ3v) is 5.63. The van der Waals surface area contributed by atoms with E-state index in [0.29, 0.717) is 12.0 Å².